The quantitative estimate of drug-likeness (QED) is 0.0202. The largest absolute Gasteiger partial charge is 0.462 e. The van der Waals surface area contributed by atoms with Gasteiger partial charge in [-0.05, 0) is 125 Å². The fourth-order valence-corrected chi connectivity index (χ4v) is 8.15. The Balaban J connectivity index is 1.22. The first-order chi connectivity index (χ1) is 38.4. The van der Waals surface area contributed by atoms with E-state index in [9.17, 15) is 43.2 Å². The number of anilines is 3. The molecule has 418 valence electrons. The summed E-state index contributed by atoms with van der Waals surface area (Å²) in [6.45, 7) is 18.7. The van der Waals surface area contributed by atoms with Gasteiger partial charge in [0.05, 0.1) is 35.5 Å². The number of ketones is 1. The molecule has 0 saturated heterocycles. The van der Waals surface area contributed by atoms with Crippen LogP contribution >= 0.6 is 0 Å². The molecule has 0 heterocycles. The highest BCUT2D eigenvalue weighted by Crippen LogP contribution is 2.35. The van der Waals surface area contributed by atoms with Gasteiger partial charge in [0.2, 0.25) is 0 Å². The fraction of sp³-hybridized carbons (Fsp3) is 0.234. The second kappa shape index (κ2) is 27.2. The van der Waals surface area contributed by atoms with Crippen molar-refractivity contribution in [3.63, 3.8) is 0 Å². The Morgan fingerprint density at radius 1 is 0.481 bits per heavy atom. The molecule has 6 aromatic rings. The van der Waals surface area contributed by atoms with Gasteiger partial charge >= 0.3 is 23.9 Å². The van der Waals surface area contributed by atoms with Crippen LogP contribution in [0, 0.1) is 6.92 Å². The van der Waals surface area contributed by atoms with Crippen LogP contribution in [0.15, 0.2) is 158 Å². The summed E-state index contributed by atoms with van der Waals surface area (Å²) in [5.74, 6) is -5.40. The molecule has 4 N–H and O–H groups in total. The molecule has 81 heavy (non-hydrogen) atoms. The van der Waals surface area contributed by atoms with E-state index < -0.39 is 59.2 Å². The lowest BCUT2D eigenvalue weighted by atomic mass is 9.76. The maximum absolute atomic E-state index is 14.5. The van der Waals surface area contributed by atoms with Crippen molar-refractivity contribution in [1.29, 1.82) is 0 Å². The van der Waals surface area contributed by atoms with Gasteiger partial charge in [-0.15, -0.1) is 0 Å². The number of hydrogen-bond acceptors (Lipinski definition) is 13. The summed E-state index contributed by atoms with van der Waals surface area (Å²) in [7, 11) is 1.41. The third kappa shape index (κ3) is 16.2. The number of amides is 4. The number of esters is 4. The number of hydrogen-bond donors (Lipinski definition) is 4. The van der Waals surface area contributed by atoms with Gasteiger partial charge in [0, 0.05) is 75.8 Å². The molecule has 6 aromatic carbocycles. The summed E-state index contributed by atoms with van der Waals surface area (Å²) in [5, 5.41) is 11.0. The zero-order valence-corrected chi connectivity index (χ0v) is 46.4. The number of benzene rings is 6. The lowest BCUT2D eigenvalue weighted by molar-refractivity contribution is -0.144. The van der Waals surface area contributed by atoms with Gasteiger partial charge < -0.3 is 40.2 Å². The molecule has 0 bridgehead atoms. The van der Waals surface area contributed by atoms with Crippen LogP contribution < -0.4 is 21.3 Å². The summed E-state index contributed by atoms with van der Waals surface area (Å²) in [6.07, 6.45) is -0.885. The van der Waals surface area contributed by atoms with Gasteiger partial charge in [-0.1, -0.05) is 87.2 Å². The number of rotatable bonds is 23. The number of nitrogens with one attached hydrogen (secondary N) is 4. The van der Waals surface area contributed by atoms with Gasteiger partial charge in [0.1, 0.15) is 12.2 Å². The van der Waals surface area contributed by atoms with Crippen molar-refractivity contribution < 1.29 is 62.1 Å². The molecular weight excluding hydrogens is 1030 g/mol. The summed E-state index contributed by atoms with van der Waals surface area (Å²) < 4.78 is 21.7. The monoisotopic (exact) mass is 1100 g/mol. The van der Waals surface area contributed by atoms with E-state index in [1.807, 2.05) is 26.8 Å². The highest BCUT2D eigenvalue weighted by molar-refractivity contribution is 6.13. The average Bonchev–Trinajstić information content (AvgIpc) is 3.63. The van der Waals surface area contributed by atoms with E-state index >= 15 is 0 Å². The third-order valence-electron chi connectivity index (χ3n) is 12.9. The molecule has 2 atom stereocenters. The standard InChI is InChI=1S/C64H64N4O13/c1-37(2)60(74)80-40(6)27-29-78-62(76)51-25-23-46(35-53(51)58(72)65-10)64(8,9)47-24-26-52(63(77)79-30-28-41(7)81-61(75)38(3)4)54(36-47)59(73)68-50-22-14-19-45(34-50)57(71)67-49-21-13-17-43(33-49)55(69)42-16-12-20-48(32-42)66-56(70)44-18-11-15-39(5)31-44/h11-26,31-36,40-41H,1,3,27-30H2,2,4-10H3,(H,65,72)(H,66,70)(H,67,71)(H,68,73). The van der Waals surface area contributed by atoms with Crippen molar-refractivity contribution >= 4 is 70.4 Å². The van der Waals surface area contributed by atoms with E-state index in [-0.39, 0.29) is 88.0 Å². The van der Waals surface area contributed by atoms with Gasteiger partial charge in [0.15, 0.2) is 5.78 Å². The molecular formula is C64H64N4O13. The highest BCUT2D eigenvalue weighted by Gasteiger charge is 2.30. The second-order valence-electron chi connectivity index (χ2n) is 19.9. The SMILES string of the molecule is C=C(C)C(=O)OC(C)CCOC(=O)c1ccc(C(C)(C)c2ccc(C(=O)OCCC(C)OC(=O)C(=C)C)c(C(=O)Nc3cccc(C(=O)Nc4cccc(C(=O)c5cccc(NC(=O)c6cccc(C)c6)c5)c4)c3)c2)cc1C(=O)NC. The lowest BCUT2D eigenvalue weighted by Gasteiger charge is -2.28. The second-order valence-corrected chi connectivity index (χ2v) is 19.9. The summed E-state index contributed by atoms with van der Waals surface area (Å²) in [5.41, 5.74) is 3.24. The van der Waals surface area contributed by atoms with E-state index in [4.69, 9.17) is 18.9 Å². The van der Waals surface area contributed by atoms with E-state index in [0.717, 1.165) is 5.56 Å². The predicted molar refractivity (Wildman–Crippen MR) is 307 cm³/mol. The smallest absolute Gasteiger partial charge is 0.338 e. The first kappa shape index (κ1) is 60.5. The number of carbonyl (C=O) groups is 9. The van der Waals surface area contributed by atoms with Crippen molar-refractivity contribution in [3.8, 4) is 0 Å². The lowest BCUT2D eigenvalue weighted by Crippen LogP contribution is -2.26. The molecule has 0 saturated carbocycles. The van der Waals surface area contributed by atoms with Crippen molar-refractivity contribution in [1.82, 2.24) is 5.32 Å². The molecule has 2 unspecified atom stereocenters. The van der Waals surface area contributed by atoms with Crippen molar-refractivity contribution in [2.45, 2.75) is 78.9 Å². The number of aryl methyl sites for hydroxylation is 1. The van der Waals surface area contributed by atoms with Crippen LogP contribution in [0.3, 0.4) is 0 Å². The van der Waals surface area contributed by atoms with Crippen LogP contribution in [0.5, 0.6) is 0 Å². The fourth-order valence-electron chi connectivity index (χ4n) is 8.15. The van der Waals surface area contributed by atoms with Crippen LogP contribution in [0.2, 0.25) is 0 Å². The van der Waals surface area contributed by atoms with Crippen LogP contribution in [-0.2, 0) is 34.0 Å². The minimum Gasteiger partial charge on any atom is -0.462 e. The first-order valence-electron chi connectivity index (χ1n) is 25.9. The molecule has 4 amide bonds. The van der Waals surface area contributed by atoms with Crippen molar-refractivity contribution in [2.24, 2.45) is 0 Å². The summed E-state index contributed by atoms with van der Waals surface area (Å²) in [6, 6.07) is 35.3. The Kier molecular flexibility index (Phi) is 20.3. The van der Waals surface area contributed by atoms with Crippen molar-refractivity contribution in [2.75, 3.05) is 36.2 Å². The maximum Gasteiger partial charge on any atom is 0.338 e. The molecule has 0 radical (unpaired) electrons. The van der Waals surface area contributed by atoms with Crippen LogP contribution in [0.25, 0.3) is 0 Å². The first-order valence-corrected chi connectivity index (χ1v) is 25.9. The molecule has 17 nitrogen and oxygen atoms in total. The minimum absolute atomic E-state index is 0.00439. The normalized spacial score (nSPS) is 11.6. The van der Waals surface area contributed by atoms with Crippen LogP contribution in [0.4, 0.5) is 17.1 Å². The van der Waals surface area contributed by atoms with E-state index in [2.05, 4.69) is 34.4 Å². The molecule has 0 aliphatic carbocycles. The summed E-state index contributed by atoms with van der Waals surface area (Å²) >= 11 is 0. The Hall–Kier alpha value is -9.77. The number of ether oxygens (including phenoxy) is 4. The molecule has 0 fully saturated rings. The van der Waals surface area contributed by atoms with E-state index in [1.165, 1.54) is 63.4 Å². The van der Waals surface area contributed by atoms with E-state index in [0.29, 0.717) is 33.6 Å². The molecule has 0 aliphatic heterocycles. The zero-order valence-electron chi connectivity index (χ0n) is 46.4. The van der Waals surface area contributed by atoms with Gasteiger partial charge in [0.25, 0.3) is 23.6 Å². The Morgan fingerprint density at radius 2 is 0.864 bits per heavy atom. The minimum atomic E-state index is -1.00. The Labute approximate surface area is 470 Å². The molecule has 6 rings (SSSR count). The predicted octanol–water partition coefficient (Wildman–Crippen LogP) is 10.8. The van der Waals surface area contributed by atoms with Crippen molar-refractivity contribution in [3.05, 3.63) is 219 Å². The molecule has 0 aromatic heterocycles. The molecule has 0 spiro atoms. The summed E-state index contributed by atoms with van der Waals surface area (Å²) in [4.78, 5) is 120. The molecule has 17 heteroatoms. The van der Waals surface area contributed by atoms with Gasteiger partial charge in [-0.2, -0.15) is 0 Å². The van der Waals surface area contributed by atoms with Crippen LogP contribution in [-0.4, -0.2) is 85.8 Å². The Bertz CT molecular complexity index is 3470. The number of carbonyl (C=O) groups excluding carboxylic acids is 9. The maximum atomic E-state index is 14.5. The zero-order chi connectivity index (χ0) is 59.1. The average molecular weight is 1100 g/mol. The van der Waals surface area contributed by atoms with Crippen LogP contribution in [0.1, 0.15) is 149 Å². The Morgan fingerprint density at radius 3 is 1.28 bits per heavy atom. The topological polar surface area (TPSA) is 239 Å². The van der Waals surface area contributed by atoms with Gasteiger partial charge in [-0.25, -0.2) is 19.2 Å². The van der Waals surface area contributed by atoms with E-state index in [1.54, 1.807) is 98.8 Å². The molecule has 0 aliphatic rings. The van der Waals surface area contributed by atoms with Gasteiger partial charge in [-0.3, -0.25) is 24.0 Å². The highest BCUT2D eigenvalue weighted by atomic mass is 16.6. The third-order valence-corrected chi connectivity index (χ3v) is 12.9.